The van der Waals surface area contributed by atoms with Crippen molar-refractivity contribution in [3.05, 3.63) is 53.1 Å². The van der Waals surface area contributed by atoms with Gasteiger partial charge in [-0.2, -0.15) is 5.26 Å². The molecule has 0 saturated carbocycles. The maximum Gasteiger partial charge on any atom is 0.125 e. The first-order chi connectivity index (χ1) is 10.7. The molecule has 0 N–H and O–H groups in total. The van der Waals surface area contributed by atoms with E-state index in [4.69, 9.17) is 10.00 Å². The van der Waals surface area contributed by atoms with Crippen LogP contribution in [0.1, 0.15) is 22.6 Å². The van der Waals surface area contributed by atoms with Crippen molar-refractivity contribution in [3.63, 3.8) is 0 Å². The van der Waals surface area contributed by atoms with Gasteiger partial charge in [-0.05, 0) is 43.2 Å². The van der Waals surface area contributed by atoms with E-state index >= 15 is 0 Å². The maximum atomic E-state index is 8.77. The first-order valence-corrected chi connectivity index (χ1v) is 7.41. The summed E-state index contributed by atoms with van der Waals surface area (Å²) in [5, 5.41) is 8.77. The van der Waals surface area contributed by atoms with Crippen LogP contribution in [0.5, 0.6) is 5.75 Å². The van der Waals surface area contributed by atoms with Crippen LogP contribution in [-0.4, -0.2) is 34.6 Å². The normalized spacial score (nSPS) is 14.2. The van der Waals surface area contributed by atoms with Gasteiger partial charge in [0.2, 0.25) is 0 Å². The number of hydrogen-bond donors (Lipinski definition) is 0. The molecule has 112 valence electrons. The van der Waals surface area contributed by atoms with Crippen LogP contribution in [0.25, 0.3) is 0 Å². The van der Waals surface area contributed by atoms with Crippen LogP contribution < -0.4 is 4.74 Å². The van der Waals surface area contributed by atoms with Crippen molar-refractivity contribution >= 4 is 0 Å². The number of fused-ring (bicyclic) bond motifs is 1. The minimum absolute atomic E-state index is 0.630. The van der Waals surface area contributed by atoms with Crippen molar-refractivity contribution < 1.29 is 4.74 Å². The van der Waals surface area contributed by atoms with E-state index in [1.807, 2.05) is 25.3 Å². The standard InChI is InChI=1S/C17H18N4O/c1-13-19-11-15-6-7-21(12-17(15)20-13)8-9-22-16-4-2-14(10-18)3-5-16/h2-5,11H,6-9,12H2,1H3. The Morgan fingerprint density at radius 2 is 2.14 bits per heavy atom. The third-order valence-electron chi connectivity index (χ3n) is 3.81. The number of nitrogens with zero attached hydrogens (tertiary/aromatic N) is 4. The molecule has 0 unspecified atom stereocenters. The number of nitriles is 1. The zero-order valence-electron chi connectivity index (χ0n) is 12.6. The highest BCUT2D eigenvalue weighted by atomic mass is 16.5. The Morgan fingerprint density at radius 3 is 2.91 bits per heavy atom. The molecule has 0 bridgehead atoms. The Bertz CT molecular complexity index is 691. The van der Waals surface area contributed by atoms with Crippen LogP contribution in [0, 0.1) is 18.3 Å². The lowest BCUT2D eigenvalue weighted by Gasteiger charge is -2.27. The van der Waals surface area contributed by atoms with E-state index in [0.29, 0.717) is 12.2 Å². The van der Waals surface area contributed by atoms with Gasteiger partial charge in [-0.1, -0.05) is 0 Å². The van der Waals surface area contributed by atoms with Gasteiger partial charge < -0.3 is 4.74 Å². The summed E-state index contributed by atoms with van der Waals surface area (Å²) >= 11 is 0. The molecule has 0 aliphatic carbocycles. The minimum atomic E-state index is 0.630. The molecule has 5 nitrogen and oxygen atoms in total. The second-order valence-corrected chi connectivity index (χ2v) is 5.40. The molecule has 1 aromatic carbocycles. The maximum absolute atomic E-state index is 8.77. The molecule has 2 aromatic rings. The molecule has 1 aliphatic heterocycles. The fraction of sp³-hybridized carbons (Fsp3) is 0.353. The highest BCUT2D eigenvalue weighted by molar-refractivity contribution is 5.34. The largest absolute Gasteiger partial charge is 0.492 e. The van der Waals surface area contributed by atoms with Crippen LogP contribution in [0.15, 0.2) is 30.5 Å². The van der Waals surface area contributed by atoms with Crippen molar-refractivity contribution in [2.75, 3.05) is 19.7 Å². The Balaban J connectivity index is 1.51. The Labute approximate surface area is 130 Å². The molecule has 22 heavy (non-hydrogen) atoms. The van der Waals surface area contributed by atoms with E-state index in [-0.39, 0.29) is 0 Å². The number of aromatic nitrogens is 2. The predicted molar refractivity (Wildman–Crippen MR) is 82.4 cm³/mol. The Morgan fingerprint density at radius 1 is 1.32 bits per heavy atom. The zero-order valence-corrected chi connectivity index (χ0v) is 12.6. The topological polar surface area (TPSA) is 62.0 Å². The summed E-state index contributed by atoms with van der Waals surface area (Å²) in [6.45, 7) is 5.28. The van der Waals surface area contributed by atoms with Crippen LogP contribution in [-0.2, 0) is 13.0 Å². The van der Waals surface area contributed by atoms with E-state index in [1.165, 1.54) is 5.56 Å². The summed E-state index contributed by atoms with van der Waals surface area (Å²) in [7, 11) is 0. The van der Waals surface area contributed by atoms with Crippen molar-refractivity contribution in [1.29, 1.82) is 5.26 Å². The molecule has 0 amide bonds. The first kappa shape index (κ1) is 14.5. The van der Waals surface area contributed by atoms with E-state index < -0.39 is 0 Å². The summed E-state index contributed by atoms with van der Waals surface area (Å²) < 4.78 is 5.74. The number of ether oxygens (including phenoxy) is 1. The van der Waals surface area contributed by atoms with Gasteiger partial charge in [0.05, 0.1) is 17.3 Å². The first-order valence-electron chi connectivity index (χ1n) is 7.41. The van der Waals surface area contributed by atoms with E-state index in [1.54, 1.807) is 12.1 Å². The number of hydrogen-bond acceptors (Lipinski definition) is 5. The quantitative estimate of drug-likeness (QED) is 0.864. The van der Waals surface area contributed by atoms with Crippen molar-refractivity contribution in [1.82, 2.24) is 14.9 Å². The lowest BCUT2D eigenvalue weighted by molar-refractivity contribution is 0.194. The minimum Gasteiger partial charge on any atom is -0.492 e. The summed E-state index contributed by atoms with van der Waals surface area (Å²) in [5.74, 6) is 1.63. The van der Waals surface area contributed by atoms with Gasteiger partial charge >= 0.3 is 0 Å². The summed E-state index contributed by atoms with van der Waals surface area (Å²) in [5.41, 5.74) is 3.04. The second kappa shape index (κ2) is 6.54. The van der Waals surface area contributed by atoms with Crippen molar-refractivity contribution in [2.45, 2.75) is 19.9 Å². The summed E-state index contributed by atoms with van der Waals surface area (Å²) in [6.07, 6.45) is 2.94. The highest BCUT2D eigenvalue weighted by Gasteiger charge is 2.17. The average molecular weight is 294 g/mol. The molecular formula is C17H18N4O. The van der Waals surface area contributed by atoms with E-state index in [2.05, 4.69) is 20.9 Å². The lowest BCUT2D eigenvalue weighted by atomic mass is 10.1. The van der Waals surface area contributed by atoms with Crippen LogP contribution >= 0.6 is 0 Å². The van der Waals surface area contributed by atoms with Crippen molar-refractivity contribution in [2.24, 2.45) is 0 Å². The molecule has 1 aliphatic rings. The molecule has 0 fully saturated rings. The smallest absolute Gasteiger partial charge is 0.125 e. The molecule has 0 radical (unpaired) electrons. The van der Waals surface area contributed by atoms with Gasteiger partial charge in [0.15, 0.2) is 0 Å². The van der Waals surface area contributed by atoms with Crippen LogP contribution in [0.2, 0.25) is 0 Å². The number of rotatable bonds is 4. The van der Waals surface area contributed by atoms with Gasteiger partial charge in [0, 0.05) is 25.8 Å². The van der Waals surface area contributed by atoms with Gasteiger partial charge in [0.25, 0.3) is 0 Å². The molecule has 0 saturated heterocycles. The zero-order chi connectivity index (χ0) is 15.4. The summed E-state index contributed by atoms with van der Waals surface area (Å²) in [6, 6.07) is 9.31. The molecule has 1 aromatic heterocycles. The lowest BCUT2D eigenvalue weighted by Crippen LogP contribution is -2.34. The summed E-state index contributed by atoms with van der Waals surface area (Å²) in [4.78, 5) is 11.1. The molecule has 2 heterocycles. The van der Waals surface area contributed by atoms with Gasteiger partial charge in [-0.15, -0.1) is 0 Å². The molecular weight excluding hydrogens is 276 g/mol. The second-order valence-electron chi connectivity index (χ2n) is 5.40. The monoisotopic (exact) mass is 294 g/mol. The SMILES string of the molecule is Cc1ncc2c(n1)CN(CCOc1ccc(C#N)cc1)CC2. The molecule has 0 spiro atoms. The van der Waals surface area contributed by atoms with Gasteiger partial charge in [-0.25, -0.2) is 9.97 Å². The van der Waals surface area contributed by atoms with E-state index in [9.17, 15) is 0 Å². The predicted octanol–water partition coefficient (Wildman–Crippen LogP) is 2.09. The molecule has 0 atom stereocenters. The third-order valence-corrected chi connectivity index (χ3v) is 3.81. The van der Waals surface area contributed by atoms with Crippen molar-refractivity contribution in [3.8, 4) is 11.8 Å². The average Bonchev–Trinajstić information content (AvgIpc) is 2.55. The van der Waals surface area contributed by atoms with Gasteiger partial charge in [0.1, 0.15) is 18.2 Å². The fourth-order valence-corrected chi connectivity index (χ4v) is 2.57. The highest BCUT2D eigenvalue weighted by Crippen LogP contribution is 2.16. The molecule has 5 heteroatoms. The Hall–Kier alpha value is -2.45. The number of aryl methyl sites for hydroxylation is 1. The Kier molecular flexibility index (Phi) is 4.31. The third kappa shape index (κ3) is 3.41. The van der Waals surface area contributed by atoms with Crippen LogP contribution in [0.3, 0.4) is 0 Å². The molecule has 3 rings (SSSR count). The van der Waals surface area contributed by atoms with E-state index in [0.717, 1.165) is 43.3 Å². The fourth-order valence-electron chi connectivity index (χ4n) is 2.57. The van der Waals surface area contributed by atoms with Gasteiger partial charge in [-0.3, -0.25) is 4.90 Å². The number of benzene rings is 1. The van der Waals surface area contributed by atoms with Crippen LogP contribution in [0.4, 0.5) is 0 Å².